The first-order valence-corrected chi connectivity index (χ1v) is 6.49. The van der Waals surface area contributed by atoms with Crippen LogP contribution in [0, 0.1) is 0 Å². The molecule has 0 saturated carbocycles. The molecule has 0 amide bonds. The highest BCUT2D eigenvalue weighted by atomic mass is 35.5. The van der Waals surface area contributed by atoms with E-state index in [9.17, 15) is 9.59 Å². The standard InChI is InChI=1S/C14H14ClNO3/c1-19-14(18)9-4-5-12-10(7-9)11(8-16-12)13(17)3-2-6-15/h4-5,7-8,16H,2-3,6H2,1H3. The second kappa shape index (κ2) is 5.89. The van der Waals surface area contributed by atoms with Gasteiger partial charge >= 0.3 is 5.97 Å². The number of nitrogens with one attached hydrogen (secondary N) is 1. The van der Waals surface area contributed by atoms with E-state index in [2.05, 4.69) is 9.72 Å². The minimum Gasteiger partial charge on any atom is -0.465 e. The molecule has 4 nitrogen and oxygen atoms in total. The lowest BCUT2D eigenvalue weighted by Gasteiger charge is -2.01. The van der Waals surface area contributed by atoms with Crippen molar-refractivity contribution in [3.63, 3.8) is 0 Å². The summed E-state index contributed by atoms with van der Waals surface area (Å²) < 4.78 is 4.68. The Morgan fingerprint density at radius 3 is 2.84 bits per heavy atom. The minimum atomic E-state index is -0.415. The number of ketones is 1. The minimum absolute atomic E-state index is 0.0221. The molecule has 1 aromatic heterocycles. The number of carbonyl (C=O) groups excluding carboxylic acids is 2. The Bertz CT molecular complexity index is 618. The molecular formula is C14H14ClNO3. The Labute approximate surface area is 115 Å². The molecular weight excluding hydrogens is 266 g/mol. The smallest absolute Gasteiger partial charge is 0.337 e. The van der Waals surface area contributed by atoms with Crippen molar-refractivity contribution >= 4 is 34.3 Å². The van der Waals surface area contributed by atoms with Gasteiger partial charge in [-0.05, 0) is 24.6 Å². The van der Waals surface area contributed by atoms with Gasteiger partial charge in [0, 0.05) is 35.0 Å². The highest BCUT2D eigenvalue weighted by Gasteiger charge is 2.14. The number of H-pyrrole nitrogens is 1. The molecule has 1 aromatic carbocycles. The van der Waals surface area contributed by atoms with Crippen molar-refractivity contribution < 1.29 is 14.3 Å². The molecule has 0 unspecified atom stereocenters. The van der Waals surface area contributed by atoms with Gasteiger partial charge in [-0.2, -0.15) is 0 Å². The average Bonchev–Trinajstić information content (AvgIpc) is 2.86. The fourth-order valence-electron chi connectivity index (χ4n) is 1.96. The van der Waals surface area contributed by atoms with Gasteiger partial charge in [0.25, 0.3) is 0 Å². The second-order valence-electron chi connectivity index (χ2n) is 4.17. The first-order chi connectivity index (χ1) is 9.17. The Hall–Kier alpha value is -1.81. The third-order valence-corrected chi connectivity index (χ3v) is 3.21. The molecule has 0 spiro atoms. The molecule has 0 fully saturated rings. The number of methoxy groups -OCH3 is 1. The molecule has 19 heavy (non-hydrogen) atoms. The first kappa shape index (κ1) is 13.6. The van der Waals surface area contributed by atoms with Crippen LogP contribution in [0.15, 0.2) is 24.4 Å². The van der Waals surface area contributed by atoms with Crippen LogP contribution >= 0.6 is 11.6 Å². The number of Topliss-reactive ketones (excluding diaryl/α,β-unsaturated/α-hetero) is 1. The van der Waals surface area contributed by atoms with Gasteiger partial charge in [0.2, 0.25) is 0 Å². The molecule has 100 valence electrons. The summed E-state index contributed by atoms with van der Waals surface area (Å²) in [6, 6.07) is 5.10. The third kappa shape index (κ3) is 2.79. The third-order valence-electron chi connectivity index (χ3n) is 2.94. The maximum absolute atomic E-state index is 12.0. The van der Waals surface area contributed by atoms with E-state index in [0.29, 0.717) is 29.8 Å². The number of aromatic amines is 1. The summed E-state index contributed by atoms with van der Waals surface area (Å²) in [6.45, 7) is 0. The van der Waals surface area contributed by atoms with Crippen LogP contribution in [-0.4, -0.2) is 29.7 Å². The maximum Gasteiger partial charge on any atom is 0.337 e. The van der Waals surface area contributed by atoms with Crippen molar-refractivity contribution in [3.05, 3.63) is 35.5 Å². The van der Waals surface area contributed by atoms with Crippen LogP contribution in [0.1, 0.15) is 33.6 Å². The molecule has 0 saturated heterocycles. The number of benzene rings is 1. The number of hydrogen-bond donors (Lipinski definition) is 1. The molecule has 0 aliphatic carbocycles. The van der Waals surface area contributed by atoms with Gasteiger partial charge < -0.3 is 9.72 Å². The van der Waals surface area contributed by atoms with E-state index >= 15 is 0 Å². The van der Waals surface area contributed by atoms with Crippen molar-refractivity contribution in [1.29, 1.82) is 0 Å². The number of ether oxygens (including phenoxy) is 1. The number of fused-ring (bicyclic) bond motifs is 1. The fraction of sp³-hybridized carbons (Fsp3) is 0.286. The normalized spacial score (nSPS) is 10.6. The summed E-state index contributed by atoms with van der Waals surface area (Å²) in [5.74, 6) is 0.0674. The van der Waals surface area contributed by atoms with Crippen LogP contribution in [0.25, 0.3) is 10.9 Å². The summed E-state index contributed by atoms with van der Waals surface area (Å²) >= 11 is 5.59. The molecule has 2 rings (SSSR count). The lowest BCUT2D eigenvalue weighted by atomic mass is 10.0. The SMILES string of the molecule is COC(=O)c1ccc2[nH]cc(C(=O)CCCCl)c2c1. The Morgan fingerprint density at radius 2 is 2.16 bits per heavy atom. The Kier molecular flexibility index (Phi) is 4.22. The summed E-state index contributed by atoms with van der Waals surface area (Å²) in [7, 11) is 1.33. The van der Waals surface area contributed by atoms with Crippen LogP contribution in [-0.2, 0) is 4.74 Å². The van der Waals surface area contributed by atoms with Crippen LogP contribution < -0.4 is 0 Å². The van der Waals surface area contributed by atoms with Crippen molar-refractivity contribution in [2.24, 2.45) is 0 Å². The van der Waals surface area contributed by atoms with Crippen molar-refractivity contribution in [1.82, 2.24) is 4.98 Å². The highest BCUT2D eigenvalue weighted by Crippen LogP contribution is 2.22. The zero-order valence-electron chi connectivity index (χ0n) is 10.5. The summed E-state index contributed by atoms with van der Waals surface area (Å²) in [6.07, 6.45) is 2.71. The lowest BCUT2D eigenvalue weighted by molar-refractivity contribution is 0.0600. The van der Waals surface area contributed by atoms with Gasteiger partial charge in [0.05, 0.1) is 12.7 Å². The quantitative estimate of drug-likeness (QED) is 0.519. The van der Waals surface area contributed by atoms with Gasteiger partial charge in [-0.15, -0.1) is 11.6 Å². The van der Waals surface area contributed by atoms with Crippen molar-refractivity contribution in [2.45, 2.75) is 12.8 Å². The van der Waals surface area contributed by atoms with E-state index in [-0.39, 0.29) is 5.78 Å². The Balaban J connectivity index is 2.39. The molecule has 0 aliphatic heterocycles. The maximum atomic E-state index is 12.0. The molecule has 2 aromatic rings. The number of rotatable bonds is 5. The van der Waals surface area contributed by atoms with Gasteiger partial charge in [-0.3, -0.25) is 4.79 Å². The molecule has 0 radical (unpaired) electrons. The van der Waals surface area contributed by atoms with E-state index < -0.39 is 5.97 Å². The first-order valence-electron chi connectivity index (χ1n) is 5.96. The number of carbonyl (C=O) groups is 2. The average molecular weight is 280 g/mol. The summed E-state index contributed by atoms with van der Waals surface area (Å²) in [4.78, 5) is 26.6. The van der Waals surface area contributed by atoms with Crippen LogP contribution in [0.2, 0.25) is 0 Å². The van der Waals surface area contributed by atoms with Crippen molar-refractivity contribution in [2.75, 3.05) is 13.0 Å². The Morgan fingerprint density at radius 1 is 1.37 bits per heavy atom. The van der Waals surface area contributed by atoms with E-state index in [0.717, 1.165) is 10.9 Å². The molecule has 5 heteroatoms. The van der Waals surface area contributed by atoms with Crippen LogP contribution in [0.3, 0.4) is 0 Å². The van der Waals surface area contributed by atoms with Crippen LogP contribution in [0.5, 0.6) is 0 Å². The largest absolute Gasteiger partial charge is 0.465 e. The monoisotopic (exact) mass is 279 g/mol. The number of hydrogen-bond acceptors (Lipinski definition) is 3. The predicted molar refractivity (Wildman–Crippen MR) is 73.9 cm³/mol. The molecule has 0 aliphatic rings. The van der Waals surface area contributed by atoms with Gasteiger partial charge in [-0.1, -0.05) is 0 Å². The van der Waals surface area contributed by atoms with Gasteiger partial charge in [0.1, 0.15) is 0 Å². The van der Waals surface area contributed by atoms with Crippen molar-refractivity contribution in [3.8, 4) is 0 Å². The van der Waals surface area contributed by atoms with Crippen LogP contribution in [0.4, 0.5) is 0 Å². The summed E-state index contributed by atoms with van der Waals surface area (Å²) in [5, 5.41) is 0.738. The highest BCUT2D eigenvalue weighted by molar-refractivity contribution is 6.18. The van der Waals surface area contributed by atoms with E-state index in [4.69, 9.17) is 11.6 Å². The number of halogens is 1. The van der Waals surface area contributed by atoms with Gasteiger partial charge in [0.15, 0.2) is 5.78 Å². The zero-order valence-corrected chi connectivity index (χ0v) is 11.3. The molecule has 0 bridgehead atoms. The fourth-order valence-corrected chi connectivity index (χ4v) is 2.09. The van der Waals surface area contributed by atoms with E-state index in [1.165, 1.54) is 7.11 Å². The van der Waals surface area contributed by atoms with Gasteiger partial charge in [-0.25, -0.2) is 4.79 Å². The number of esters is 1. The summed E-state index contributed by atoms with van der Waals surface area (Å²) in [5.41, 5.74) is 1.84. The number of alkyl halides is 1. The molecule has 1 heterocycles. The lowest BCUT2D eigenvalue weighted by Crippen LogP contribution is -2.02. The second-order valence-corrected chi connectivity index (χ2v) is 4.55. The zero-order chi connectivity index (χ0) is 13.8. The molecule has 0 atom stereocenters. The molecule has 1 N–H and O–H groups in total. The van der Waals surface area contributed by atoms with E-state index in [1.807, 2.05) is 0 Å². The van der Waals surface area contributed by atoms with E-state index in [1.54, 1.807) is 24.4 Å². The number of aromatic nitrogens is 1. The predicted octanol–water partition coefficient (Wildman–Crippen LogP) is 3.16. The topological polar surface area (TPSA) is 59.2 Å².